The Labute approximate surface area is 104 Å². The van der Waals surface area contributed by atoms with Gasteiger partial charge in [-0.2, -0.15) is 0 Å². The summed E-state index contributed by atoms with van der Waals surface area (Å²) in [6.45, 7) is 3.99. The summed E-state index contributed by atoms with van der Waals surface area (Å²) < 4.78 is 13.3. The molecule has 92 valence electrons. The van der Waals surface area contributed by atoms with Crippen molar-refractivity contribution >= 4 is 28.9 Å². The first-order valence-corrected chi connectivity index (χ1v) is 5.97. The molecule has 1 amide bonds. The van der Waals surface area contributed by atoms with Crippen molar-refractivity contribution in [2.24, 2.45) is 5.92 Å². The Bertz CT molecular complexity index is 464. The fourth-order valence-corrected chi connectivity index (χ4v) is 2.01. The molecular formula is C12H14ClFN2O. The van der Waals surface area contributed by atoms with E-state index in [2.05, 4.69) is 10.6 Å². The van der Waals surface area contributed by atoms with Crippen LogP contribution in [0.15, 0.2) is 12.1 Å². The third-order valence-electron chi connectivity index (χ3n) is 3.12. The van der Waals surface area contributed by atoms with Crippen LogP contribution in [0, 0.1) is 11.7 Å². The van der Waals surface area contributed by atoms with E-state index in [1.807, 2.05) is 13.8 Å². The zero-order valence-corrected chi connectivity index (χ0v) is 10.4. The first-order valence-electron chi connectivity index (χ1n) is 5.59. The normalized spacial score (nSPS) is 20.2. The largest absolute Gasteiger partial charge is 0.372 e. The number of halogens is 2. The van der Waals surface area contributed by atoms with E-state index in [4.69, 9.17) is 11.6 Å². The second kappa shape index (κ2) is 4.53. The van der Waals surface area contributed by atoms with E-state index in [0.29, 0.717) is 11.4 Å². The summed E-state index contributed by atoms with van der Waals surface area (Å²) in [6, 6.07) is 2.41. The zero-order chi connectivity index (χ0) is 12.6. The summed E-state index contributed by atoms with van der Waals surface area (Å²) in [7, 11) is 0. The molecule has 1 aliphatic rings. The fourth-order valence-electron chi connectivity index (χ4n) is 1.85. The average Bonchev–Trinajstić information content (AvgIpc) is 2.30. The molecule has 0 radical (unpaired) electrons. The highest BCUT2D eigenvalue weighted by Gasteiger charge is 2.29. The van der Waals surface area contributed by atoms with Crippen LogP contribution in [-0.2, 0) is 4.79 Å². The van der Waals surface area contributed by atoms with E-state index in [9.17, 15) is 9.18 Å². The third kappa shape index (κ3) is 2.22. The molecule has 2 N–H and O–H groups in total. The number of carbonyl (C=O) groups is 1. The highest BCUT2D eigenvalue weighted by atomic mass is 35.5. The van der Waals surface area contributed by atoms with Crippen LogP contribution < -0.4 is 10.6 Å². The number of anilines is 2. The van der Waals surface area contributed by atoms with Gasteiger partial charge in [0, 0.05) is 6.07 Å². The molecule has 17 heavy (non-hydrogen) atoms. The monoisotopic (exact) mass is 256 g/mol. The van der Waals surface area contributed by atoms with Crippen LogP contribution in [0.2, 0.25) is 5.02 Å². The molecular weight excluding hydrogens is 243 g/mol. The number of hydrogen-bond donors (Lipinski definition) is 2. The molecule has 2 unspecified atom stereocenters. The minimum atomic E-state index is -0.489. The lowest BCUT2D eigenvalue weighted by Gasteiger charge is -2.30. The van der Waals surface area contributed by atoms with Gasteiger partial charge in [0.15, 0.2) is 0 Å². The van der Waals surface area contributed by atoms with Gasteiger partial charge in [-0.05, 0) is 12.0 Å². The van der Waals surface area contributed by atoms with E-state index in [0.717, 1.165) is 6.42 Å². The Kier molecular flexibility index (Phi) is 3.24. The summed E-state index contributed by atoms with van der Waals surface area (Å²) in [6.07, 6.45) is 0.872. The molecule has 1 aliphatic heterocycles. The summed E-state index contributed by atoms with van der Waals surface area (Å²) in [5, 5.41) is 5.80. The van der Waals surface area contributed by atoms with Gasteiger partial charge >= 0.3 is 0 Å². The number of hydrogen-bond acceptors (Lipinski definition) is 2. The molecule has 0 saturated carbocycles. The molecule has 0 aliphatic carbocycles. The Morgan fingerprint density at radius 3 is 2.82 bits per heavy atom. The minimum Gasteiger partial charge on any atom is -0.372 e. The third-order valence-corrected chi connectivity index (χ3v) is 3.41. The van der Waals surface area contributed by atoms with Crippen molar-refractivity contribution in [1.82, 2.24) is 0 Å². The van der Waals surface area contributed by atoms with Gasteiger partial charge in [0.05, 0.1) is 16.4 Å². The van der Waals surface area contributed by atoms with E-state index in [-0.39, 0.29) is 22.9 Å². The molecule has 0 bridgehead atoms. The molecule has 3 nitrogen and oxygen atoms in total. The average molecular weight is 257 g/mol. The maximum Gasteiger partial charge on any atom is 0.247 e. The van der Waals surface area contributed by atoms with Crippen molar-refractivity contribution in [3.8, 4) is 0 Å². The van der Waals surface area contributed by atoms with Crippen LogP contribution in [0.5, 0.6) is 0 Å². The van der Waals surface area contributed by atoms with Gasteiger partial charge in [0.1, 0.15) is 11.9 Å². The van der Waals surface area contributed by atoms with E-state index in [1.165, 1.54) is 12.1 Å². The fraction of sp³-hybridized carbons (Fsp3) is 0.417. The second-order valence-corrected chi connectivity index (χ2v) is 4.72. The van der Waals surface area contributed by atoms with Crippen LogP contribution in [0.1, 0.15) is 20.3 Å². The quantitative estimate of drug-likeness (QED) is 0.853. The van der Waals surface area contributed by atoms with Gasteiger partial charge in [-0.3, -0.25) is 4.79 Å². The number of rotatable bonds is 2. The van der Waals surface area contributed by atoms with Crippen LogP contribution >= 0.6 is 11.6 Å². The van der Waals surface area contributed by atoms with Crippen molar-refractivity contribution in [2.75, 3.05) is 10.6 Å². The van der Waals surface area contributed by atoms with Crippen molar-refractivity contribution < 1.29 is 9.18 Å². The molecule has 0 saturated heterocycles. The SMILES string of the molecule is CCC(C)C1Nc2cc(F)c(Cl)cc2NC1=O. The topological polar surface area (TPSA) is 41.1 Å². The number of amides is 1. The Balaban J connectivity index is 2.34. The Morgan fingerprint density at radius 1 is 1.47 bits per heavy atom. The number of carbonyl (C=O) groups excluding carboxylic acids is 1. The summed E-state index contributed by atoms with van der Waals surface area (Å²) in [4.78, 5) is 11.8. The van der Waals surface area contributed by atoms with Gasteiger partial charge in [-0.25, -0.2) is 4.39 Å². The second-order valence-electron chi connectivity index (χ2n) is 4.31. The van der Waals surface area contributed by atoms with Crippen LogP contribution in [-0.4, -0.2) is 11.9 Å². The molecule has 2 rings (SSSR count). The standard InChI is InChI=1S/C12H14ClFN2O/c1-3-6(2)11-12(17)16-9-4-7(13)8(14)5-10(9)15-11/h4-6,11,15H,3H2,1-2H3,(H,16,17). The molecule has 2 atom stereocenters. The number of fused-ring (bicyclic) bond motifs is 1. The minimum absolute atomic E-state index is 0.00726. The van der Waals surface area contributed by atoms with E-state index in [1.54, 1.807) is 0 Å². The highest BCUT2D eigenvalue weighted by Crippen LogP contribution is 2.33. The van der Waals surface area contributed by atoms with Crippen LogP contribution in [0.4, 0.5) is 15.8 Å². The first-order chi connectivity index (χ1) is 8.02. The summed E-state index contributed by atoms with van der Waals surface area (Å²) >= 11 is 5.67. The molecule has 0 aromatic heterocycles. The molecule has 0 spiro atoms. The Morgan fingerprint density at radius 2 is 2.18 bits per heavy atom. The maximum atomic E-state index is 13.3. The zero-order valence-electron chi connectivity index (χ0n) is 9.68. The maximum absolute atomic E-state index is 13.3. The summed E-state index contributed by atoms with van der Waals surface area (Å²) in [5.41, 5.74) is 1.11. The molecule has 0 fully saturated rings. The van der Waals surface area contributed by atoms with Crippen molar-refractivity contribution in [3.05, 3.63) is 23.0 Å². The van der Waals surface area contributed by atoms with Gasteiger partial charge < -0.3 is 10.6 Å². The van der Waals surface area contributed by atoms with Crippen molar-refractivity contribution in [3.63, 3.8) is 0 Å². The highest BCUT2D eigenvalue weighted by molar-refractivity contribution is 6.31. The van der Waals surface area contributed by atoms with E-state index < -0.39 is 5.82 Å². The van der Waals surface area contributed by atoms with Gasteiger partial charge in [-0.15, -0.1) is 0 Å². The lowest BCUT2D eigenvalue weighted by molar-refractivity contribution is -0.118. The van der Waals surface area contributed by atoms with Crippen molar-refractivity contribution in [1.29, 1.82) is 0 Å². The first kappa shape index (κ1) is 12.2. The number of nitrogens with one attached hydrogen (secondary N) is 2. The lowest BCUT2D eigenvalue weighted by Crippen LogP contribution is -2.43. The molecule has 1 aromatic rings. The Hall–Kier alpha value is -1.29. The van der Waals surface area contributed by atoms with Crippen molar-refractivity contribution in [2.45, 2.75) is 26.3 Å². The predicted octanol–water partition coefficient (Wildman–Crippen LogP) is 3.26. The molecule has 1 aromatic carbocycles. The smallest absolute Gasteiger partial charge is 0.247 e. The van der Waals surface area contributed by atoms with Crippen LogP contribution in [0.3, 0.4) is 0 Å². The number of benzene rings is 1. The summed E-state index contributed by atoms with van der Waals surface area (Å²) in [5.74, 6) is -0.409. The van der Waals surface area contributed by atoms with Crippen LogP contribution in [0.25, 0.3) is 0 Å². The van der Waals surface area contributed by atoms with Gasteiger partial charge in [-0.1, -0.05) is 31.9 Å². The lowest BCUT2D eigenvalue weighted by atomic mass is 9.96. The van der Waals surface area contributed by atoms with Gasteiger partial charge in [0.2, 0.25) is 5.91 Å². The molecule has 5 heteroatoms. The van der Waals surface area contributed by atoms with E-state index >= 15 is 0 Å². The van der Waals surface area contributed by atoms with Gasteiger partial charge in [0.25, 0.3) is 0 Å². The predicted molar refractivity (Wildman–Crippen MR) is 66.9 cm³/mol. The molecule has 1 heterocycles.